The largest absolute Gasteiger partial charge is 0.467 e. The van der Waals surface area contributed by atoms with Gasteiger partial charge < -0.3 is 9.47 Å². The normalized spacial score (nSPS) is 13.4. The molecule has 0 radical (unpaired) electrons. The van der Waals surface area contributed by atoms with Crippen LogP contribution in [-0.4, -0.2) is 21.5 Å². The predicted molar refractivity (Wildman–Crippen MR) is 122 cm³/mol. The van der Waals surface area contributed by atoms with E-state index < -0.39 is 0 Å². The molecule has 4 heteroatoms. The molecule has 0 aliphatic rings. The van der Waals surface area contributed by atoms with E-state index in [1.54, 1.807) is 7.11 Å². The van der Waals surface area contributed by atoms with E-state index in [9.17, 15) is 0 Å². The first kappa shape index (κ1) is 22.0. The van der Waals surface area contributed by atoms with Crippen LogP contribution in [0, 0.1) is 0 Å². The summed E-state index contributed by atoms with van der Waals surface area (Å²) in [7, 11) is 3.73. The second kappa shape index (κ2) is 8.80. The maximum Gasteiger partial charge on any atom is 0.188 e. The third-order valence-electron chi connectivity index (χ3n) is 4.77. The van der Waals surface area contributed by atoms with Crippen LogP contribution in [-0.2, 0) is 21.7 Å². The van der Waals surface area contributed by atoms with Gasteiger partial charge in [0.25, 0.3) is 0 Å². The summed E-state index contributed by atoms with van der Waals surface area (Å²) >= 11 is 0. The fourth-order valence-electron chi connectivity index (χ4n) is 3.11. The van der Waals surface area contributed by atoms with Crippen LogP contribution in [0.5, 0.6) is 5.75 Å². The number of hydrogen-bond acceptors (Lipinski definition) is 2. The lowest BCUT2D eigenvalue weighted by molar-refractivity contribution is 0.0492. The molecular formula is C23H34BO2P. The molecule has 0 saturated carbocycles. The average molecular weight is 384 g/mol. The number of methoxy groups -OCH3 is 1. The van der Waals surface area contributed by atoms with Crippen molar-refractivity contribution in [3.63, 3.8) is 0 Å². The Morgan fingerprint density at radius 3 is 2.07 bits per heavy atom. The van der Waals surface area contributed by atoms with Gasteiger partial charge in [-0.3, -0.25) is 0 Å². The smallest absolute Gasteiger partial charge is 0.188 e. The minimum absolute atomic E-state index is 0.00231. The lowest BCUT2D eigenvalue weighted by atomic mass is 9.79. The molecule has 27 heavy (non-hydrogen) atoms. The Morgan fingerprint density at radius 1 is 0.926 bits per heavy atom. The second-order valence-corrected chi connectivity index (χ2v) is 11.5. The van der Waals surface area contributed by atoms with Gasteiger partial charge in [-0.15, -0.1) is 7.80 Å². The lowest BCUT2D eigenvalue weighted by Crippen LogP contribution is -2.20. The quantitative estimate of drug-likeness (QED) is 0.391. The summed E-state index contributed by atoms with van der Waals surface area (Å²) in [5, 5.41) is 1.42. The molecule has 0 heterocycles. The first-order valence-corrected chi connectivity index (χ1v) is 11.6. The molecule has 146 valence electrons. The Labute approximate surface area is 167 Å². The highest BCUT2D eigenvalue weighted by Crippen LogP contribution is 2.43. The molecule has 0 bridgehead atoms. The van der Waals surface area contributed by atoms with E-state index in [0.29, 0.717) is 0 Å². The molecular weight excluding hydrogens is 350 g/mol. The first-order chi connectivity index (χ1) is 12.5. The summed E-state index contributed by atoms with van der Waals surface area (Å²) < 4.78 is 11.4. The van der Waals surface area contributed by atoms with E-state index in [2.05, 4.69) is 91.6 Å². The predicted octanol–water partition coefficient (Wildman–Crippen LogP) is 5.12. The molecule has 0 aromatic heterocycles. The van der Waals surface area contributed by atoms with Crippen molar-refractivity contribution in [2.24, 2.45) is 0 Å². The zero-order valence-corrected chi connectivity index (χ0v) is 19.1. The fraction of sp³-hybridized carbons (Fsp3) is 0.478. The van der Waals surface area contributed by atoms with Gasteiger partial charge in [-0.05, 0) is 33.4 Å². The van der Waals surface area contributed by atoms with Crippen molar-refractivity contribution in [3.05, 3.63) is 59.2 Å². The minimum Gasteiger partial charge on any atom is -0.467 e. The fourth-order valence-corrected chi connectivity index (χ4v) is 4.72. The molecule has 1 unspecified atom stereocenters. The average Bonchev–Trinajstić information content (AvgIpc) is 2.59. The molecule has 2 aromatic carbocycles. The second-order valence-electron chi connectivity index (χ2n) is 9.25. The summed E-state index contributed by atoms with van der Waals surface area (Å²) in [6.07, 6.45) is 1.01. The van der Waals surface area contributed by atoms with Crippen molar-refractivity contribution in [1.82, 2.24) is 0 Å². The van der Waals surface area contributed by atoms with Gasteiger partial charge in [0.2, 0.25) is 0 Å². The first-order valence-electron chi connectivity index (χ1n) is 9.60. The van der Waals surface area contributed by atoms with Crippen molar-refractivity contribution < 1.29 is 9.47 Å². The van der Waals surface area contributed by atoms with Crippen LogP contribution >= 0.6 is 7.80 Å². The van der Waals surface area contributed by atoms with Crippen molar-refractivity contribution >= 4 is 20.7 Å². The molecule has 0 fully saturated rings. The van der Waals surface area contributed by atoms with Gasteiger partial charge >= 0.3 is 0 Å². The highest BCUT2D eigenvalue weighted by atomic mass is 31.1. The Balaban J connectivity index is 2.57. The van der Waals surface area contributed by atoms with Gasteiger partial charge in [0.05, 0.1) is 0 Å². The van der Waals surface area contributed by atoms with Crippen LogP contribution in [0.2, 0.25) is 0 Å². The molecule has 0 amide bonds. The van der Waals surface area contributed by atoms with E-state index in [1.807, 2.05) is 0 Å². The van der Waals surface area contributed by atoms with Crippen molar-refractivity contribution in [2.45, 2.75) is 58.5 Å². The molecule has 2 nitrogen and oxygen atoms in total. The van der Waals surface area contributed by atoms with Crippen LogP contribution in [0.3, 0.4) is 0 Å². The Morgan fingerprint density at radius 2 is 1.56 bits per heavy atom. The van der Waals surface area contributed by atoms with Crippen LogP contribution < -0.4 is 10.0 Å². The molecule has 1 atom stereocenters. The van der Waals surface area contributed by atoms with Crippen LogP contribution in [0.15, 0.2) is 42.5 Å². The summed E-state index contributed by atoms with van der Waals surface area (Å²) in [5.74, 6) is 1.00. The summed E-state index contributed by atoms with van der Waals surface area (Å²) in [5.41, 5.74) is 4.02. The number of ether oxygens (including phenoxy) is 2. The van der Waals surface area contributed by atoms with Crippen LogP contribution in [0.25, 0.3) is 0 Å². The molecule has 0 saturated heterocycles. The van der Waals surface area contributed by atoms with Gasteiger partial charge in [-0.2, -0.15) is 0 Å². The molecule has 0 aliphatic carbocycles. The lowest BCUT2D eigenvalue weighted by Gasteiger charge is -2.30. The summed E-state index contributed by atoms with van der Waals surface area (Å²) in [6.45, 7) is 13.9. The minimum atomic E-state index is -0.300. The van der Waals surface area contributed by atoms with E-state index in [1.165, 1.54) is 22.0 Å². The van der Waals surface area contributed by atoms with Crippen molar-refractivity contribution in [1.29, 1.82) is 0 Å². The topological polar surface area (TPSA) is 18.5 Å². The van der Waals surface area contributed by atoms with E-state index in [-0.39, 0.29) is 25.4 Å². The third-order valence-corrected chi connectivity index (χ3v) is 6.76. The molecule has 0 spiro atoms. The monoisotopic (exact) mass is 384 g/mol. The number of rotatable bonds is 6. The van der Waals surface area contributed by atoms with E-state index in [4.69, 9.17) is 9.47 Å². The SMILES string of the molecule is BP(Cc1cc(C(C)(C)C)cc(C(C)(C)C)c1OCOC)c1ccccc1. The maximum absolute atomic E-state index is 6.14. The van der Waals surface area contributed by atoms with Crippen LogP contribution in [0.4, 0.5) is 0 Å². The molecule has 0 N–H and O–H groups in total. The van der Waals surface area contributed by atoms with Gasteiger partial charge in [-0.1, -0.05) is 84.0 Å². The zero-order valence-electron chi connectivity index (χ0n) is 18.2. The highest BCUT2D eigenvalue weighted by molar-refractivity contribution is 7.87. The van der Waals surface area contributed by atoms with Crippen molar-refractivity contribution in [2.75, 3.05) is 13.9 Å². The zero-order chi connectivity index (χ0) is 20.2. The van der Waals surface area contributed by atoms with Crippen LogP contribution in [0.1, 0.15) is 58.2 Å². The van der Waals surface area contributed by atoms with E-state index >= 15 is 0 Å². The Bertz CT molecular complexity index is 745. The number of hydrogen-bond donors (Lipinski definition) is 0. The summed E-state index contributed by atoms with van der Waals surface area (Å²) in [4.78, 5) is 0. The van der Waals surface area contributed by atoms with Gasteiger partial charge in [0.15, 0.2) is 6.79 Å². The standard InChI is InChI=1S/C23H34BO2P/c1-22(2,3)18-13-17(15-27(24)19-11-9-8-10-12-19)21(26-16-25-7)20(14-18)23(4,5)6/h8-14H,15-16,24H2,1-7H3. The summed E-state index contributed by atoms with van der Waals surface area (Å²) in [6, 6.07) is 15.5. The van der Waals surface area contributed by atoms with Crippen molar-refractivity contribution in [3.8, 4) is 5.75 Å². The molecule has 2 aromatic rings. The molecule has 2 rings (SSSR count). The Kier molecular flexibility index (Phi) is 7.17. The number of benzene rings is 2. The van der Waals surface area contributed by atoms with Gasteiger partial charge in [0, 0.05) is 12.7 Å². The van der Waals surface area contributed by atoms with Gasteiger partial charge in [-0.25, -0.2) is 0 Å². The molecule has 0 aliphatic heterocycles. The third kappa shape index (κ3) is 5.83. The van der Waals surface area contributed by atoms with E-state index in [0.717, 1.165) is 11.9 Å². The highest BCUT2D eigenvalue weighted by Gasteiger charge is 2.26. The Hall–Kier alpha value is -1.31. The van der Waals surface area contributed by atoms with Gasteiger partial charge in [0.1, 0.15) is 13.3 Å². The maximum atomic E-state index is 6.14.